The van der Waals surface area contributed by atoms with Gasteiger partial charge in [0.05, 0.1) is 27.7 Å². The first kappa shape index (κ1) is 95.4. The number of ether oxygens (including phenoxy) is 2. The third kappa shape index (κ3) is 82.3. The number of quaternary nitrogens is 1. The molecule has 0 radical (unpaired) electrons. The van der Waals surface area contributed by atoms with Crippen LogP contribution in [0.25, 0.3) is 0 Å². The van der Waals surface area contributed by atoms with Crippen molar-refractivity contribution in [3.63, 3.8) is 0 Å². The molecule has 0 amide bonds. The fourth-order valence-corrected chi connectivity index (χ4v) is 11.8. The number of rotatable bonds is 74. The van der Waals surface area contributed by atoms with Gasteiger partial charge in [0.15, 0.2) is 6.10 Å². The van der Waals surface area contributed by atoms with Crippen molar-refractivity contribution in [1.29, 1.82) is 0 Å². The van der Waals surface area contributed by atoms with E-state index in [1.54, 1.807) is 0 Å². The summed E-state index contributed by atoms with van der Waals surface area (Å²) in [6, 6.07) is 0. The van der Waals surface area contributed by atoms with Gasteiger partial charge in [0.1, 0.15) is 19.8 Å². The van der Waals surface area contributed by atoms with Crippen LogP contribution in [0.1, 0.15) is 335 Å². The number of hydrogen-bond acceptors (Lipinski definition) is 8. The molecule has 0 aromatic carbocycles. The minimum Gasteiger partial charge on any atom is -0.756 e. The molecule has 0 aliphatic carbocycles. The average molecular weight is 1410 g/mol. The summed E-state index contributed by atoms with van der Waals surface area (Å²) in [4.78, 5) is 38.2. The molecule has 10 heteroatoms. The van der Waals surface area contributed by atoms with Gasteiger partial charge in [-0.25, -0.2) is 0 Å². The molecule has 0 heterocycles. The Balaban J connectivity index is 4.01. The summed E-state index contributed by atoms with van der Waals surface area (Å²) in [7, 11) is 1.14. The Morgan fingerprint density at radius 3 is 0.800 bits per heavy atom. The molecule has 0 bridgehead atoms. The Morgan fingerprint density at radius 2 is 0.540 bits per heavy atom. The van der Waals surface area contributed by atoms with Crippen molar-refractivity contribution in [2.24, 2.45) is 0 Å². The number of phosphoric ester groups is 1. The van der Waals surface area contributed by atoms with Crippen LogP contribution in [-0.4, -0.2) is 70.0 Å². The van der Waals surface area contributed by atoms with Gasteiger partial charge in [0, 0.05) is 12.8 Å². The number of carbonyl (C=O) groups excluding carboxylic acids is 2. The van der Waals surface area contributed by atoms with Crippen LogP contribution in [0, 0.1) is 0 Å². The fourth-order valence-electron chi connectivity index (χ4n) is 11.1. The number of hydrogen-bond donors (Lipinski definition) is 0. The zero-order valence-corrected chi connectivity index (χ0v) is 66.0. The molecule has 0 aromatic heterocycles. The van der Waals surface area contributed by atoms with Crippen molar-refractivity contribution < 1.29 is 42.1 Å². The van der Waals surface area contributed by atoms with E-state index >= 15 is 0 Å². The maximum absolute atomic E-state index is 12.9. The molecule has 0 fully saturated rings. The maximum atomic E-state index is 12.9. The Kier molecular flexibility index (Phi) is 74.9. The van der Waals surface area contributed by atoms with Crippen molar-refractivity contribution in [3.8, 4) is 0 Å². The van der Waals surface area contributed by atoms with E-state index in [2.05, 4.69) is 184 Å². The minimum atomic E-state index is -4.66. The van der Waals surface area contributed by atoms with Gasteiger partial charge in [-0.1, -0.05) is 364 Å². The summed E-state index contributed by atoms with van der Waals surface area (Å²) < 4.78 is 34.4. The van der Waals surface area contributed by atoms with Crippen LogP contribution in [0.3, 0.4) is 0 Å². The Morgan fingerprint density at radius 1 is 0.310 bits per heavy atom. The zero-order chi connectivity index (χ0) is 72.5. The Bertz CT molecular complexity index is 2300. The minimum absolute atomic E-state index is 0.0427. The molecular weight excluding hydrogens is 1250 g/mol. The van der Waals surface area contributed by atoms with Crippen molar-refractivity contribution in [2.45, 2.75) is 341 Å². The third-order valence-corrected chi connectivity index (χ3v) is 18.2. The van der Waals surface area contributed by atoms with Crippen LogP contribution >= 0.6 is 7.82 Å². The van der Waals surface area contributed by atoms with Gasteiger partial charge in [0.25, 0.3) is 7.82 Å². The number of esters is 2. The van der Waals surface area contributed by atoms with Crippen LogP contribution in [0.15, 0.2) is 170 Å². The van der Waals surface area contributed by atoms with Gasteiger partial charge in [-0.15, -0.1) is 0 Å². The standard InChI is InChI=1S/C90H152NO8P/c1-6-8-10-12-14-16-18-20-22-24-26-28-30-32-34-36-38-40-42-43-44-45-46-47-49-50-52-54-56-58-60-62-64-66-68-70-72-74-76-78-80-82-89(92)96-86-88(87-98-100(94,95)97-85-84-91(3,4)5)99-90(93)83-81-79-77-75-73-71-69-67-65-63-61-59-57-55-53-51-48-41-39-37-35-33-31-29-27-25-23-21-19-17-15-13-11-9-7-2/h8-11,14-17,20-23,26-29,33,35,39,41,51,53,57,59,63,65,69,71,88H,6-7,12-13,18-19,24-25,30-32,34,36-38,40,42-50,52,54-56,58,60-62,64,66-68,70,72-87H2,1-5H3/b10-8-,11-9-,16-14-,17-15-,22-20-,23-21-,28-26-,29-27-,35-33-,41-39-,53-51-,59-57-,65-63-,71-69-. The molecule has 0 saturated heterocycles. The lowest BCUT2D eigenvalue weighted by Crippen LogP contribution is -2.37. The molecule has 0 aromatic rings. The SMILES string of the molecule is CC/C=C\C/C=C\C/C=C\C/C=C\C/C=C\C/C=C\C/C=C\C/C=C\C/C=C\C/C=C\CCCCCCC(=O)OC(COC(=O)CCCCCCCCCCCCCCCCCCCCCCCCCCCCCC/C=C\C/C=C\C/C=C\C/C=C\CC)COP(=O)([O-])OCC[N+](C)(C)C. The van der Waals surface area contributed by atoms with Crippen LogP contribution in [0.5, 0.6) is 0 Å². The second-order valence-electron chi connectivity index (χ2n) is 28.0. The highest BCUT2D eigenvalue weighted by Gasteiger charge is 2.22. The van der Waals surface area contributed by atoms with Gasteiger partial charge in [-0.2, -0.15) is 0 Å². The number of carbonyl (C=O) groups is 2. The van der Waals surface area contributed by atoms with E-state index in [1.807, 2.05) is 21.1 Å². The van der Waals surface area contributed by atoms with Crippen molar-refractivity contribution in [3.05, 3.63) is 170 Å². The normalized spacial score (nSPS) is 13.9. The zero-order valence-electron chi connectivity index (χ0n) is 65.1. The fraction of sp³-hybridized carbons (Fsp3) is 0.667. The van der Waals surface area contributed by atoms with E-state index in [4.69, 9.17) is 18.5 Å². The predicted molar refractivity (Wildman–Crippen MR) is 433 cm³/mol. The Labute approximate surface area is 617 Å². The van der Waals surface area contributed by atoms with E-state index in [0.717, 1.165) is 135 Å². The molecule has 2 unspecified atom stereocenters. The molecule has 0 aliphatic heterocycles. The quantitative estimate of drug-likeness (QED) is 0.0195. The van der Waals surface area contributed by atoms with E-state index in [-0.39, 0.29) is 32.0 Å². The Hall–Kier alpha value is -4.63. The highest BCUT2D eigenvalue weighted by atomic mass is 31.2. The first-order chi connectivity index (χ1) is 49.0. The van der Waals surface area contributed by atoms with E-state index in [0.29, 0.717) is 17.4 Å². The smallest absolute Gasteiger partial charge is 0.306 e. The lowest BCUT2D eigenvalue weighted by molar-refractivity contribution is -0.870. The number of unbranched alkanes of at least 4 members (excludes halogenated alkanes) is 32. The van der Waals surface area contributed by atoms with Crippen LogP contribution in [0.2, 0.25) is 0 Å². The molecule has 0 N–H and O–H groups in total. The first-order valence-corrected chi connectivity index (χ1v) is 42.3. The van der Waals surface area contributed by atoms with E-state index in [1.165, 1.54) is 167 Å². The summed E-state index contributed by atoms with van der Waals surface area (Å²) >= 11 is 0. The topological polar surface area (TPSA) is 111 Å². The van der Waals surface area contributed by atoms with Crippen molar-refractivity contribution >= 4 is 19.8 Å². The van der Waals surface area contributed by atoms with E-state index < -0.39 is 26.5 Å². The monoisotopic (exact) mass is 1410 g/mol. The maximum Gasteiger partial charge on any atom is 0.306 e. The highest BCUT2D eigenvalue weighted by Crippen LogP contribution is 2.38. The van der Waals surface area contributed by atoms with Gasteiger partial charge in [-0.3, -0.25) is 14.2 Å². The van der Waals surface area contributed by atoms with Gasteiger partial charge in [0.2, 0.25) is 0 Å². The van der Waals surface area contributed by atoms with Gasteiger partial charge in [-0.05, 0) is 128 Å². The lowest BCUT2D eigenvalue weighted by atomic mass is 10.0. The largest absolute Gasteiger partial charge is 0.756 e. The summed E-state index contributed by atoms with van der Waals surface area (Å²) in [6.45, 7) is 4.00. The second kappa shape index (κ2) is 78.5. The molecule has 0 saturated carbocycles. The lowest BCUT2D eigenvalue weighted by Gasteiger charge is -2.28. The second-order valence-corrected chi connectivity index (χ2v) is 29.4. The molecule has 0 aliphatic rings. The summed E-state index contributed by atoms with van der Waals surface area (Å²) in [5.74, 6) is -0.861. The van der Waals surface area contributed by atoms with Crippen LogP contribution < -0.4 is 4.89 Å². The molecule has 2 atom stereocenters. The van der Waals surface area contributed by atoms with Crippen molar-refractivity contribution in [2.75, 3.05) is 47.5 Å². The molecule has 0 rings (SSSR count). The summed E-state index contributed by atoms with van der Waals surface area (Å²) in [5, 5.41) is 0. The molecule has 570 valence electrons. The summed E-state index contributed by atoms with van der Waals surface area (Å²) in [5.41, 5.74) is 0. The van der Waals surface area contributed by atoms with Gasteiger partial charge >= 0.3 is 11.9 Å². The van der Waals surface area contributed by atoms with E-state index in [9.17, 15) is 19.0 Å². The molecular formula is C90H152NO8P. The molecule has 100 heavy (non-hydrogen) atoms. The number of likely N-dealkylation sites (N-methyl/N-ethyl adjacent to an activating group) is 1. The van der Waals surface area contributed by atoms with Crippen LogP contribution in [-0.2, 0) is 32.7 Å². The van der Waals surface area contributed by atoms with Crippen molar-refractivity contribution in [1.82, 2.24) is 0 Å². The summed E-state index contributed by atoms with van der Waals surface area (Å²) in [6.07, 6.45) is 119. The number of allylic oxidation sites excluding steroid dienone is 28. The first-order valence-electron chi connectivity index (χ1n) is 40.8. The number of nitrogens with zero attached hydrogens (tertiary/aromatic N) is 1. The van der Waals surface area contributed by atoms with Crippen LogP contribution in [0.4, 0.5) is 0 Å². The third-order valence-electron chi connectivity index (χ3n) is 17.2. The molecule has 9 nitrogen and oxygen atoms in total. The molecule has 0 spiro atoms. The highest BCUT2D eigenvalue weighted by molar-refractivity contribution is 7.45. The predicted octanol–water partition coefficient (Wildman–Crippen LogP) is 27.0. The van der Waals surface area contributed by atoms with Gasteiger partial charge < -0.3 is 27.9 Å². The average Bonchev–Trinajstić information content (AvgIpc) is 1.65. The number of phosphoric acid groups is 1.